The summed E-state index contributed by atoms with van der Waals surface area (Å²) in [6.07, 6.45) is 0. The fraction of sp³-hybridized carbons (Fsp3) is 0.0500. The van der Waals surface area contributed by atoms with Gasteiger partial charge in [-0.1, -0.05) is 96.5 Å². The third-order valence-corrected chi connectivity index (χ3v) is 3.84. The maximum atomic E-state index is 6.30. The quantitative estimate of drug-likeness (QED) is 0.561. The zero-order chi connectivity index (χ0) is 15.2. The van der Waals surface area contributed by atoms with Crippen LogP contribution in [0.15, 0.2) is 89.9 Å². The Hall–Kier alpha value is -2.38. The maximum Gasteiger partial charge on any atom is 0.131 e. The van der Waals surface area contributed by atoms with Gasteiger partial charge in [0.1, 0.15) is 5.17 Å². The number of aliphatic imine (C=N–C) groups is 1. The molecule has 0 aliphatic rings. The Kier molecular flexibility index (Phi) is 4.67. The largest absolute Gasteiger partial charge is 0.268 e. The van der Waals surface area contributed by atoms with Crippen molar-refractivity contribution in [2.45, 2.75) is 6.54 Å². The van der Waals surface area contributed by atoms with Gasteiger partial charge in [-0.15, -0.1) is 0 Å². The highest BCUT2D eigenvalue weighted by Crippen LogP contribution is 2.24. The first-order valence-corrected chi connectivity index (χ1v) is 7.61. The lowest BCUT2D eigenvalue weighted by Crippen LogP contribution is -1.94. The predicted molar refractivity (Wildman–Crippen MR) is 94.4 cm³/mol. The molecule has 3 aromatic carbocycles. The van der Waals surface area contributed by atoms with Gasteiger partial charge in [0.25, 0.3) is 0 Å². The highest BCUT2D eigenvalue weighted by Gasteiger charge is 2.04. The van der Waals surface area contributed by atoms with Crippen molar-refractivity contribution in [3.63, 3.8) is 0 Å². The van der Waals surface area contributed by atoms with Crippen molar-refractivity contribution >= 4 is 16.8 Å². The average Bonchev–Trinajstić information content (AvgIpc) is 2.61. The van der Waals surface area contributed by atoms with E-state index in [-0.39, 0.29) is 0 Å². The Balaban J connectivity index is 1.88. The van der Waals surface area contributed by atoms with Crippen LogP contribution in [-0.4, -0.2) is 5.17 Å². The van der Waals surface area contributed by atoms with E-state index in [1.54, 1.807) is 0 Å². The first kappa shape index (κ1) is 14.6. The molecule has 0 aliphatic heterocycles. The van der Waals surface area contributed by atoms with E-state index in [0.717, 1.165) is 5.56 Å². The summed E-state index contributed by atoms with van der Waals surface area (Å²) in [6.45, 7) is 0.568. The van der Waals surface area contributed by atoms with Crippen LogP contribution in [0.4, 0.5) is 0 Å². The summed E-state index contributed by atoms with van der Waals surface area (Å²) in [5.74, 6) is 0. The number of rotatable bonds is 4. The number of benzene rings is 3. The number of halogens is 1. The number of hydrogen-bond acceptors (Lipinski definition) is 1. The molecule has 0 aliphatic carbocycles. The molecule has 0 saturated heterocycles. The molecule has 0 atom stereocenters. The smallest absolute Gasteiger partial charge is 0.131 e. The van der Waals surface area contributed by atoms with Crippen LogP contribution in [0.25, 0.3) is 11.1 Å². The van der Waals surface area contributed by atoms with Crippen LogP contribution in [0.3, 0.4) is 0 Å². The Morgan fingerprint density at radius 2 is 1.32 bits per heavy atom. The molecule has 3 aromatic rings. The first-order chi connectivity index (χ1) is 10.8. The lowest BCUT2D eigenvalue weighted by molar-refractivity contribution is 1.08. The van der Waals surface area contributed by atoms with Gasteiger partial charge in [0.2, 0.25) is 0 Å². The summed E-state index contributed by atoms with van der Waals surface area (Å²) in [4.78, 5) is 4.53. The standard InChI is InChI=1S/C20H16ClN/c21-20(17-11-5-2-6-12-17)22-15-18-13-7-8-14-19(18)16-9-3-1-4-10-16/h1-14H,15H2. The average molecular weight is 306 g/mol. The van der Waals surface area contributed by atoms with Crippen LogP contribution in [0.2, 0.25) is 0 Å². The molecule has 22 heavy (non-hydrogen) atoms. The van der Waals surface area contributed by atoms with Crippen LogP contribution in [0.5, 0.6) is 0 Å². The lowest BCUT2D eigenvalue weighted by Gasteiger charge is -2.08. The van der Waals surface area contributed by atoms with E-state index in [2.05, 4.69) is 29.3 Å². The van der Waals surface area contributed by atoms with Crippen molar-refractivity contribution in [2.24, 2.45) is 4.99 Å². The third-order valence-electron chi connectivity index (χ3n) is 3.50. The first-order valence-electron chi connectivity index (χ1n) is 7.23. The molecule has 0 aromatic heterocycles. The number of nitrogens with zero attached hydrogens (tertiary/aromatic N) is 1. The van der Waals surface area contributed by atoms with Gasteiger partial charge in [-0.2, -0.15) is 0 Å². The van der Waals surface area contributed by atoms with Gasteiger partial charge in [-0.05, 0) is 16.7 Å². The van der Waals surface area contributed by atoms with E-state index in [1.807, 2.05) is 60.7 Å². The maximum absolute atomic E-state index is 6.30. The molecule has 0 fully saturated rings. The van der Waals surface area contributed by atoms with E-state index in [0.29, 0.717) is 11.7 Å². The molecule has 0 amide bonds. The van der Waals surface area contributed by atoms with Gasteiger partial charge in [-0.3, -0.25) is 4.99 Å². The van der Waals surface area contributed by atoms with E-state index < -0.39 is 0 Å². The van der Waals surface area contributed by atoms with Crippen molar-refractivity contribution in [1.29, 1.82) is 0 Å². The molecule has 0 saturated carbocycles. The normalized spacial score (nSPS) is 11.4. The summed E-state index contributed by atoms with van der Waals surface area (Å²) in [6, 6.07) is 28.5. The molecular formula is C20H16ClN. The molecule has 0 bridgehead atoms. The Morgan fingerprint density at radius 1 is 0.727 bits per heavy atom. The Morgan fingerprint density at radius 3 is 2.05 bits per heavy atom. The fourth-order valence-corrected chi connectivity index (χ4v) is 2.56. The minimum absolute atomic E-state index is 0.545. The van der Waals surface area contributed by atoms with Crippen molar-refractivity contribution < 1.29 is 0 Å². The van der Waals surface area contributed by atoms with Gasteiger partial charge in [0.05, 0.1) is 6.54 Å². The minimum Gasteiger partial charge on any atom is -0.268 e. The van der Waals surface area contributed by atoms with Crippen molar-refractivity contribution in [1.82, 2.24) is 0 Å². The third kappa shape index (κ3) is 3.44. The highest BCUT2D eigenvalue weighted by atomic mass is 35.5. The summed E-state index contributed by atoms with van der Waals surface area (Å²) >= 11 is 6.30. The van der Waals surface area contributed by atoms with E-state index in [1.165, 1.54) is 16.7 Å². The summed E-state index contributed by atoms with van der Waals surface area (Å²) in [7, 11) is 0. The fourth-order valence-electron chi connectivity index (χ4n) is 2.38. The van der Waals surface area contributed by atoms with Crippen molar-refractivity contribution in [2.75, 3.05) is 0 Å². The molecular weight excluding hydrogens is 290 g/mol. The van der Waals surface area contributed by atoms with Crippen LogP contribution >= 0.6 is 11.6 Å². The molecule has 0 radical (unpaired) electrons. The SMILES string of the molecule is ClC(=NCc1ccccc1-c1ccccc1)c1ccccc1. The second kappa shape index (κ2) is 7.06. The van der Waals surface area contributed by atoms with Crippen LogP contribution in [0, 0.1) is 0 Å². The molecule has 108 valence electrons. The molecule has 0 heterocycles. The molecule has 1 nitrogen and oxygen atoms in total. The minimum atomic E-state index is 0.545. The lowest BCUT2D eigenvalue weighted by atomic mass is 10.00. The van der Waals surface area contributed by atoms with Gasteiger partial charge in [-0.25, -0.2) is 0 Å². The molecule has 0 unspecified atom stereocenters. The van der Waals surface area contributed by atoms with Crippen LogP contribution < -0.4 is 0 Å². The van der Waals surface area contributed by atoms with E-state index in [4.69, 9.17) is 11.6 Å². The molecule has 0 N–H and O–H groups in total. The van der Waals surface area contributed by atoms with Gasteiger partial charge in [0.15, 0.2) is 0 Å². The Labute approximate surface area is 135 Å². The zero-order valence-corrected chi connectivity index (χ0v) is 12.9. The van der Waals surface area contributed by atoms with E-state index >= 15 is 0 Å². The van der Waals surface area contributed by atoms with Crippen molar-refractivity contribution in [3.8, 4) is 11.1 Å². The van der Waals surface area contributed by atoms with Crippen LogP contribution in [-0.2, 0) is 6.54 Å². The molecule has 3 rings (SSSR count). The summed E-state index contributed by atoms with van der Waals surface area (Å²) < 4.78 is 0. The Bertz CT molecular complexity index is 764. The molecule has 2 heteroatoms. The summed E-state index contributed by atoms with van der Waals surface area (Å²) in [5, 5.41) is 0.545. The van der Waals surface area contributed by atoms with Crippen molar-refractivity contribution in [3.05, 3.63) is 96.1 Å². The highest BCUT2D eigenvalue weighted by molar-refractivity contribution is 6.69. The second-order valence-corrected chi connectivity index (χ2v) is 5.35. The number of hydrogen-bond donors (Lipinski definition) is 0. The zero-order valence-electron chi connectivity index (χ0n) is 12.1. The van der Waals surface area contributed by atoms with Gasteiger partial charge < -0.3 is 0 Å². The molecule has 0 spiro atoms. The van der Waals surface area contributed by atoms with Crippen LogP contribution in [0.1, 0.15) is 11.1 Å². The second-order valence-electron chi connectivity index (χ2n) is 5.00. The summed E-state index contributed by atoms with van der Waals surface area (Å²) in [5.41, 5.74) is 4.51. The monoisotopic (exact) mass is 305 g/mol. The predicted octanol–water partition coefficient (Wildman–Crippen LogP) is 5.54. The van der Waals surface area contributed by atoms with E-state index in [9.17, 15) is 0 Å². The van der Waals surface area contributed by atoms with Gasteiger partial charge >= 0.3 is 0 Å². The topological polar surface area (TPSA) is 12.4 Å². The van der Waals surface area contributed by atoms with Gasteiger partial charge in [0, 0.05) is 5.56 Å².